The lowest BCUT2D eigenvalue weighted by atomic mass is 9.99. The highest BCUT2D eigenvalue weighted by Crippen LogP contribution is 2.30. The molecule has 1 fully saturated rings. The zero-order chi connectivity index (χ0) is 21.4. The highest BCUT2D eigenvalue weighted by atomic mass is 32.2. The minimum Gasteiger partial charge on any atom is -0.368 e. The summed E-state index contributed by atoms with van der Waals surface area (Å²) in [6.45, 7) is 5.53. The quantitative estimate of drug-likeness (QED) is 0.745. The Morgan fingerprint density at radius 2 is 1.90 bits per heavy atom. The van der Waals surface area contributed by atoms with Crippen LogP contribution in [0.3, 0.4) is 0 Å². The molecule has 29 heavy (non-hydrogen) atoms. The molecule has 158 valence electrons. The first kappa shape index (κ1) is 21.4. The van der Waals surface area contributed by atoms with Crippen molar-refractivity contribution in [1.29, 1.82) is 0 Å². The van der Waals surface area contributed by atoms with Gasteiger partial charge in [0.2, 0.25) is 5.82 Å². The summed E-state index contributed by atoms with van der Waals surface area (Å²) in [7, 11) is -3.33. The fourth-order valence-corrected chi connectivity index (χ4v) is 4.12. The van der Waals surface area contributed by atoms with Crippen molar-refractivity contribution in [1.82, 2.24) is 9.97 Å². The Morgan fingerprint density at radius 3 is 2.52 bits per heavy atom. The van der Waals surface area contributed by atoms with Crippen LogP contribution in [0.25, 0.3) is 0 Å². The van der Waals surface area contributed by atoms with Crippen LogP contribution in [0.2, 0.25) is 0 Å². The van der Waals surface area contributed by atoms with Crippen molar-refractivity contribution in [3.05, 3.63) is 42.4 Å². The Balaban J connectivity index is 1.88. The second-order valence-electron chi connectivity index (χ2n) is 7.46. The van der Waals surface area contributed by atoms with Gasteiger partial charge in [0.05, 0.1) is 10.9 Å². The van der Waals surface area contributed by atoms with Gasteiger partial charge in [-0.15, -0.1) is 0 Å². The van der Waals surface area contributed by atoms with Gasteiger partial charge in [0.1, 0.15) is 5.82 Å². The van der Waals surface area contributed by atoms with E-state index in [0.29, 0.717) is 19.6 Å². The lowest BCUT2D eigenvalue weighted by Gasteiger charge is -2.45. The number of anilines is 2. The molecule has 2 heterocycles. The molecule has 1 aliphatic heterocycles. The molecule has 1 aromatic carbocycles. The number of hydrogen-bond donors (Lipinski definition) is 0. The van der Waals surface area contributed by atoms with Crippen LogP contribution in [0, 0.1) is 5.92 Å². The number of hydrogen-bond acceptors (Lipinski definition) is 6. The molecule has 0 radical (unpaired) electrons. The maximum Gasteiger partial charge on any atom is 0.451 e. The van der Waals surface area contributed by atoms with Gasteiger partial charge in [0, 0.05) is 37.8 Å². The third-order valence-corrected chi connectivity index (χ3v) is 6.10. The van der Waals surface area contributed by atoms with Crippen LogP contribution in [-0.4, -0.2) is 50.3 Å². The van der Waals surface area contributed by atoms with E-state index >= 15 is 0 Å². The lowest BCUT2D eigenvalue weighted by molar-refractivity contribution is -0.144. The van der Waals surface area contributed by atoms with Crippen molar-refractivity contribution in [3.8, 4) is 0 Å². The lowest BCUT2D eigenvalue weighted by Crippen LogP contribution is -2.56. The van der Waals surface area contributed by atoms with Gasteiger partial charge in [-0.25, -0.2) is 18.4 Å². The van der Waals surface area contributed by atoms with Crippen LogP contribution in [0.4, 0.5) is 24.7 Å². The topological polar surface area (TPSA) is 66.4 Å². The van der Waals surface area contributed by atoms with E-state index in [0.717, 1.165) is 18.1 Å². The number of sulfone groups is 1. The summed E-state index contributed by atoms with van der Waals surface area (Å²) < 4.78 is 62.7. The average Bonchev–Trinajstić information content (AvgIpc) is 2.66. The largest absolute Gasteiger partial charge is 0.451 e. The van der Waals surface area contributed by atoms with Crippen LogP contribution >= 0.6 is 0 Å². The number of aromatic nitrogens is 2. The second-order valence-corrected chi connectivity index (χ2v) is 9.47. The van der Waals surface area contributed by atoms with Gasteiger partial charge in [-0.05, 0) is 30.2 Å². The van der Waals surface area contributed by atoms with Gasteiger partial charge in [-0.3, -0.25) is 0 Å². The van der Waals surface area contributed by atoms with Crippen molar-refractivity contribution in [3.63, 3.8) is 0 Å². The first-order valence-electron chi connectivity index (χ1n) is 9.19. The normalized spacial score (nSPS) is 18.4. The molecule has 2 aromatic rings. The molecule has 0 spiro atoms. The van der Waals surface area contributed by atoms with E-state index in [1.807, 2.05) is 24.8 Å². The Labute approximate surface area is 168 Å². The number of rotatable bonds is 4. The molecule has 0 aliphatic carbocycles. The molecule has 1 aromatic heterocycles. The van der Waals surface area contributed by atoms with Crippen molar-refractivity contribution in [2.75, 3.05) is 35.7 Å². The number of halogens is 3. The van der Waals surface area contributed by atoms with Crippen LogP contribution in [0.5, 0.6) is 0 Å². The maximum absolute atomic E-state index is 13.0. The van der Waals surface area contributed by atoms with E-state index in [2.05, 4.69) is 14.9 Å². The van der Waals surface area contributed by atoms with E-state index in [-0.39, 0.29) is 22.7 Å². The molecule has 1 saturated heterocycles. The maximum atomic E-state index is 13.0. The van der Waals surface area contributed by atoms with Gasteiger partial charge in [-0.1, -0.05) is 19.9 Å². The highest BCUT2D eigenvalue weighted by molar-refractivity contribution is 7.90. The fourth-order valence-electron chi connectivity index (χ4n) is 3.46. The molecule has 1 atom stereocenters. The molecule has 6 nitrogen and oxygen atoms in total. The molecule has 0 bridgehead atoms. The zero-order valence-electron chi connectivity index (χ0n) is 16.4. The van der Waals surface area contributed by atoms with E-state index in [1.165, 1.54) is 6.07 Å². The first-order chi connectivity index (χ1) is 13.5. The monoisotopic (exact) mass is 428 g/mol. The molecule has 10 heteroatoms. The van der Waals surface area contributed by atoms with Gasteiger partial charge in [0.15, 0.2) is 9.84 Å². The highest BCUT2D eigenvalue weighted by Gasteiger charge is 2.36. The van der Waals surface area contributed by atoms with Crippen molar-refractivity contribution in [2.45, 2.75) is 31.0 Å². The van der Waals surface area contributed by atoms with Crippen LogP contribution in [0.1, 0.15) is 19.7 Å². The summed E-state index contributed by atoms with van der Waals surface area (Å²) in [4.78, 5) is 11.2. The third kappa shape index (κ3) is 4.80. The Hall–Kier alpha value is -2.36. The number of benzene rings is 1. The first-order valence-corrected chi connectivity index (χ1v) is 11.1. The smallest absolute Gasteiger partial charge is 0.368 e. The molecule has 0 saturated carbocycles. The zero-order valence-corrected chi connectivity index (χ0v) is 17.2. The molecule has 0 amide bonds. The standard InChI is InChI=1S/C19H23F3N4O2S/c1-13(2)16-12-25(14-5-4-6-15(11-14)29(3,27)28)9-10-26(16)17-7-8-23-18(24-17)19(20,21)22/h4-8,11,13,16H,9-10,12H2,1-3H3/t16-/m0/s1. The van der Waals surface area contributed by atoms with Crippen LogP contribution < -0.4 is 9.80 Å². The predicted molar refractivity (Wildman–Crippen MR) is 105 cm³/mol. The number of piperazine rings is 1. The van der Waals surface area contributed by atoms with E-state index in [1.54, 1.807) is 18.2 Å². The Bertz CT molecular complexity index is 979. The van der Waals surface area contributed by atoms with Crippen molar-refractivity contribution < 1.29 is 21.6 Å². The van der Waals surface area contributed by atoms with Gasteiger partial charge >= 0.3 is 6.18 Å². The van der Waals surface area contributed by atoms with Crippen molar-refractivity contribution in [2.24, 2.45) is 5.92 Å². The Morgan fingerprint density at radius 1 is 1.17 bits per heavy atom. The molecular formula is C19H23F3N4O2S. The minimum atomic E-state index is -4.60. The number of alkyl halides is 3. The minimum absolute atomic E-state index is 0.0957. The Kier molecular flexibility index (Phi) is 5.75. The van der Waals surface area contributed by atoms with Crippen LogP contribution in [0.15, 0.2) is 41.4 Å². The summed E-state index contributed by atoms with van der Waals surface area (Å²) in [5.41, 5.74) is 0.775. The van der Waals surface area contributed by atoms with E-state index in [4.69, 9.17) is 0 Å². The fraction of sp³-hybridized carbons (Fsp3) is 0.474. The molecule has 3 rings (SSSR count). The molecule has 0 N–H and O–H groups in total. The third-order valence-electron chi connectivity index (χ3n) is 4.99. The summed E-state index contributed by atoms with van der Waals surface area (Å²) in [5.74, 6) is -0.767. The van der Waals surface area contributed by atoms with E-state index < -0.39 is 21.8 Å². The van der Waals surface area contributed by atoms with E-state index in [9.17, 15) is 21.6 Å². The van der Waals surface area contributed by atoms with Gasteiger partial charge < -0.3 is 9.80 Å². The summed E-state index contributed by atoms with van der Waals surface area (Å²) >= 11 is 0. The summed E-state index contributed by atoms with van der Waals surface area (Å²) in [6.07, 6.45) is -2.31. The molecule has 1 aliphatic rings. The van der Waals surface area contributed by atoms with Crippen molar-refractivity contribution >= 4 is 21.3 Å². The number of nitrogens with zero attached hydrogens (tertiary/aromatic N) is 4. The van der Waals surface area contributed by atoms with Gasteiger partial charge in [0.25, 0.3) is 0 Å². The second kappa shape index (κ2) is 7.81. The molecular weight excluding hydrogens is 405 g/mol. The van der Waals surface area contributed by atoms with Crippen LogP contribution in [-0.2, 0) is 16.0 Å². The SMILES string of the molecule is CC(C)[C@@H]1CN(c2cccc(S(C)(=O)=O)c2)CCN1c1ccnc(C(F)(F)F)n1. The summed E-state index contributed by atoms with van der Waals surface area (Å²) in [5, 5.41) is 0. The predicted octanol–water partition coefficient (Wildman–Crippen LogP) is 3.25. The summed E-state index contributed by atoms with van der Waals surface area (Å²) in [6, 6.07) is 8.12. The van der Waals surface area contributed by atoms with Gasteiger partial charge in [-0.2, -0.15) is 13.2 Å². The molecule has 0 unspecified atom stereocenters. The average molecular weight is 428 g/mol.